The number of aromatic nitrogens is 3. The van der Waals surface area contributed by atoms with Crippen LogP contribution in [0, 0.1) is 0 Å². The van der Waals surface area contributed by atoms with Gasteiger partial charge in [-0.05, 0) is 36.4 Å². The molecule has 0 saturated heterocycles. The van der Waals surface area contributed by atoms with Crippen LogP contribution in [0.3, 0.4) is 0 Å². The van der Waals surface area contributed by atoms with E-state index in [0.29, 0.717) is 5.95 Å². The lowest BCUT2D eigenvalue weighted by atomic mass is 10.3. The number of nitrogens with one attached hydrogen (secondary N) is 1. The van der Waals surface area contributed by atoms with E-state index in [0.717, 1.165) is 11.3 Å². The molecule has 0 amide bonds. The van der Waals surface area contributed by atoms with Gasteiger partial charge in [0.1, 0.15) is 0 Å². The molecule has 1 aromatic carbocycles. The molecule has 2 heterocycles. The Morgan fingerprint density at radius 3 is 2.50 bits per heavy atom. The van der Waals surface area contributed by atoms with Gasteiger partial charge in [0.2, 0.25) is 5.95 Å². The summed E-state index contributed by atoms with van der Waals surface area (Å²) in [5.41, 5.74) is 1.47. The van der Waals surface area contributed by atoms with E-state index in [9.17, 15) is 8.42 Å². The molecule has 3 rings (SSSR count). The Morgan fingerprint density at radius 1 is 1.10 bits per heavy atom. The second-order valence-electron chi connectivity index (χ2n) is 4.36. The molecule has 7 heteroatoms. The number of fused-ring (bicyclic) bond motifs is 1. The largest absolute Gasteiger partial charge is 0.323 e. The normalized spacial score (nSPS) is 11.7. The fourth-order valence-corrected chi connectivity index (χ4v) is 2.43. The molecular formula is C13H12N4O2S. The first-order chi connectivity index (χ1) is 9.52. The van der Waals surface area contributed by atoms with Crippen LogP contribution < -0.4 is 5.32 Å². The Hall–Kier alpha value is -2.41. The van der Waals surface area contributed by atoms with Crippen molar-refractivity contribution in [3.8, 4) is 0 Å². The number of hydrogen-bond acceptors (Lipinski definition) is 5. The highest BCUT2D eigenvalue weighted by Gasteiger charge is 2.07. The molecular weight excluding hydrogens is 276 g/mol. The van der Waals surface area contributed by atoms with E-state index in [2.05, 4.69) is 15.4 Å². The maximum absolute atomic E-state index is 11.4. The second kappa shape index (κ2) is 4.61. The summed E-state index contributed by atoms with van der Waals surface area (Å²) < 4.78 is 24.4. The Balaban J connectivity index is 1.87. The maximum atomic E-state index is 11.4. The third kappa shape index (κ3) is 2.48. The minimum atomic E-state index is -3.18. The first kappa shape index (κ1) is 12.6. The maximum Gasteiger partial charge on any atom is 0.247 e. The molecule has 0 unspecified atom stereocenters. The number of benzene rings is 1. The van der Waals surface area contributed by atoms with Crippen molar-refractivity contribution < 1.29 is 8.42 Å². The summed E-state index contributed by atoms with van der Waals surface area (Å²) in [7, 11) is -3.18. The van der Waals surface area contributed by atoms with Crippen molar-refractivity contribution in [1.82, 2.24) is 14.6 Å². The van der Waals surface area contributed by atoms with Crippen LogP contribution in [0.5, 0.6) is 0 Å². The van der Waals surface area contributed by atoms with Gasteiger partial charge in [0.15, 0.2) is 15.5 Å². The molecule has 0 aliphatic rings. The molecule has 0 radical (unpaired) electrons. The van der Waals surface area contributed by atoms with Gasteiger partial charge < -0.3 is 5.32 Å². The van der Waals surface area contributed by atoms with Gasteiger partial charge in [0.25, 0.3) is 0 Å². The van der Waals surface area contributed by atoms with E-state index < -0.39 is 9.84 Å². The average molecular weight is 288 g/mol. The predicted octanol–water partition coefficient (Wildman–Crippen LogP) is 1.88. The van der Waals surface area contributed by atoms with E-state index in [1.807, 2.05) is 18.2 Å². The first-order valence-corrected chi connectivity index (χ1v) is 7.80. The standard InChI is InChI=1S/C13H12N4O2S/c1-20(18,19)11-7-5-10(6-8-11)14-13-15-12-4-2-3-9-17(12)16-13/h2-9H,1H3,(H,14,16). The molecule has 102 valence electrons. The van der Waals surface area contributed by atoms with Gasteiger partial charge in [-0.3, -0.25) is 0 Å². The molecule has 3 aromatic rings. The molecule has 0 fully saturated rings. The van der Waals surface area contributed by atoms with Crippen LogP contribution in [-0.2, 0) is 9.84 Å². The van der Waals surface area contributed by atoms with Crippen molar-refractivity contribution in [1.29, 1.82) is 0 Å². The van der Waals surface area contributed by atoms with Crippen LogP contribution in [0.1, 0.15) is 0 Å². The van der Waals surface area contributed by atoms with E-state index in [-0.39, 0.29) is 4.90 Å². The zero-order valence-electron chi connectivity index (χ0n) is 10.7. The van der Waals surface area contributed by atoms with Crippen molar-refractivity contribution >= 4 is 27.1 Å². The molecule has 2 aromatic heterocycles. The molecule has 0 spiro atoms. The molecule has 0 aliphatic carbocycles. The van der Waals surface area contributed by atoms with Crippen molar-refractivity contribution in [2.75, 3.05) is 11.6 Å². The predicted molar refractivity (Wildman–Crippen MR) is 75.8 cm³/mol. The topological polar surface area (TPSA) is 76.4 Å². The zero-order valence-corrected chi connectivity index (χ0v) is 11.5. The smallest absolute Gasteiger partial charge is 0.247 e. The summed E-state index contributed by atoms with van der Waals surface area (Å²) in [6, 6.07) is 12.1. The Morgan fingerprint density at radius 2 is 1.85 bits per heavy atom. The summed E-state index contributed by atoms with van der Waals surface area (Å²) in [6.07, 6.45) is 2.99. The van der Waals surface area contributed by atoms with Gasteiger partial charge in [0.05, 0.1) is 4.90 Å². The highest BCUT2D eigenvalue weighted by molar-refractivity contribution is 7.90. The van der Waals surface area contributed by atoms with Crippen molar-refractivity contribution in [2.45, 2.75) is 4.90 Å². The van der Waals surface area contributed by atoms with Crippen LogP contribution >= 0.6 is 0 Å². The third-order valence-corrected chi connectivity index (χ3v) is 3.91. The summed E-state index contributed by atoms with van der Waals surface area (Å²) in [4.78, 5) is 4.59. The molecule has 20 heavy (non-hydrogen) atoms. The quantitative estimate of drug-likeness (QED) is 0.796. The minimum absolute atomic E-state index is 0.283. The Bertz CT molecular complexity index is 820. The molecule has 6 nitrogen and oxygen atoms in total. The van der Waals surface area contributed by atoms with Gasteiger partial charge >= 0.3 is 0 Å². The minimum Gasteiger partial charge on any atom is -0.323 e. The third-order valence-electron chi connectivity index (χ3n) is 2.78. The summed E-state index contributed by atoms with van der Waals surface area (Å²) in [5.74, 6) is 0.461. The number of nitrogens with zero attached hydrogens (tertiary/aromatic N) is 3. The summed E-state index contributed by atoms with van der Waals surface area (Å²) >= 11 is 0. The van der Waals surface area contributed by atoms with Crippen LogP contribution in [0.4, 0.5) is 11.6 Å². The zero-order chi connectivity index (χ0) is 14.2. The summed E-state index contributed by atoms with van der Waals surface area (Å²) in [6.45, 7) is 0. The van der Waals surface area contributed by atoms with E-state index >= 15 is 0 Å². The molecule has 0 aliphatic heterocycles. The van der Waals surface area contributed by atoms with Crippen molar-refractivity contribution in [2.24, 2.45) is 0 Å². The van der Waals surface area contributed by atoms with Gasteiger partial charge in [-0.15, -0.1) is 5.10 Å². The lowest BCUT2D eigenvalue weighted by Crippen LogP contribution is -1.98. The van der Waals surface area contributed by atoms with E-state index in [1.54, 1.807) is 35.0 Å². The van der Waals surface area contributed by atoms with E-state index in [1.165, 1.54) is 6.26 Å². The highest BCUT2D eigenvalue weighted by Crippen LogP contribution is 2.17. The molecule has 0 saturated carbocycles. The Labute approximate surface area is 116 Å². The monoisotopic (exact) mass is 288 g/mol. The Kier molecular flexibility index (Phi) is 2.90. The lowest BCUT2D eigenvalue weighted by molar-refractivity contribution is 0.602. The van der Waals surface area contributed by atoms with Gasteiger partial charge in [-0.25, -0.2) is 12.9 Å². The van der Waals surface area contributed by atoms with Gasteiger partial charge in [-0.2, -0.15) is 4.98 Å². The van der Waals surface area contributed by atoms with Crippen LogP contribution in [0.15, 0.2) is 53.6 Å². The van der Waals surface area contributed by atoms with Crippen LogP contribution in [-0.4, -0.2) is 29.3 Å². The van der Waals surface area contributed by atoms with Crippen LogP contribution in [0.25, 0.3) is 5.65 Å². The molecule has 1 N–H and O–H groups in total. The number of anilines is 2. The van der Waals surface area contributed by atoms with Crippen LogP contribution in [0.2, 0.25) is 0 Å². The fourth-order valence-electron chi connectivity index (χ4n) is 1.80. The first-order valence-electron chi connectivity index (χ1n) is 5.91. The average Bonchev–Trinajstić information content (AvgIpc) is 2.80. The number of sulfone groups is 1. The highest BCUT2D eigenvalue weighted by atomic mass is 32.2. The van der Waals surface area contributed by atoms with Crippen molar-refractivity contribution in [3.05, 3.63) is 48.7 Å². The number of pyridine rings is 1. The van der Waals surface area contributed by atoms with Crippen molar-refractivity contribution in [3.63, 3.8) is 0 Å². The van der Waals surface area contributed by atoms with Gasteiger partial charge in [-0.1, -0.05) is 6.07 Å². The number of hydrogen-bond donors (Lipinski definition) is 1. The molecule has 0 bridgehead atoms. The fraction of sp³-hybridized carbons (Fsp3) is 0.0769. The summed E-state index contributed by atoms with van der Waals surface area (Å²) in [5, 5.41) is 7.29. The van der Waals surface area contributed by atoms with E-state index in [4.69, 9.17) is 0 Å². The van der Waals surface area contributed by atoms with Gasteiger partial charge in [0, 0.05) is 18.1 Å². The second-order valence-corrected chi connectivity index (χ2v) is 6.38. The SMILES string of the molecule is CS(=O)(=O)c1ccc(Nc2nc3ccccn3n2)cc1. The number of rotatable bonds is 3. The lowest BCUT2D eigenvalue weighted by Gasteiger charge is -2.02. The molecule has 0 atom stereocenters.